The van der Waals surface area contributed by atoms with Crippen LogP contribution < -0.4 is 10.9 Å². The summed E-state index contributed by atoms with van der Waals surface area (Å²) in [5.74, 6) is -0.466. The molecule has 2 aromatic carbocycles. The molecule has 6 heteroatoms. The SMILES string of the molecule is Cc1c(C(=O)NCc2ccc(Cn3ccccc3=O)cc2)sc2ccc(F)cc12. The number of hydrogen-bond acceptors (Lipinski definition) is 3. The van der Waals surface area contributed by atoms with Gasteiger partial charge in [-0.15, -0.1) is 11.3 Å². The zero-order valence-corrected chi connectivity index (χ0v) is 16.6. The van der Waals surface area contributed by atoms with Crippen LogP contribution in [0.25, 0.3) is 10.1 Å². The Hall–Kier alpha value is -3.25. The Morgan fingerprint density at radius 2 is 1.83 bits per heavy atom. The Kier molecular flexibility index (Phi) is 5.27. The number of carbonyl (C=O) groups is 1. The van der Waals surface area contributed by atoms with E-state index in [0.717, 1.165) is 26.8 Å². The predicted molar refractivity (Wildman–Crippen MR) is 114 cm³/mol. The minimum Gasteiger partial charge on any atom is -0.347 e. The molecule has 0 bridgehead atoms. The number of carbonyl (C=O) groups excluding carboxylic acids is 1. The maximum absolute atomic E-state index is 13.5. The van der Waals surface area contributed by atoms with Gasteiger partial charge in [0, 0.05) is 23.5 Å². The second-order valence-corrected chi connectivity index (χ2v) is 7.91. The average molecular weight is 406 g/mol. The summed E-state index contributed by atoms with van der Waals surface area (Å²) in [7, 11) is 0. The third kappa shape index (κ3) is 4.12. The Morgan fingerprint density at radius 3 is 2.59 bits per heavy atom. The van der Waals surface area contributed by atoms with E-state index in [1.54, 1.807) is 22.9 Å². The van der Waals surface area contributed by atoms with Gasteiger partial charge in [-0.1, -0.05) is 30.3 Å². The van der Waals surface area contributed by atoms with Gasteiger partial charge in [0.15, 0.2) is 0 Å². The zero-order valence-electron chi connectivity index (χ0n) is 15.8. The van der Waals surface area contributed by atoms with E-state index in [-0.39, 0.29) is 17.3 Å². The molecule has 1 amide bonds. The number of aromatic nitrogens is 1. The molecule has 4 aromatic rings. The van der Waals surface area contributed by atoms with Crippen LogP contribution in [0.5, 0.6) is 0 Å². The molecule has 0 aliphatic carbocycles. The van der Waals surface area contributed by atoms with Crippen molar-refractivity contribution in [2.24, 2.45) is 0 Å². The van der Waals surface area contributed by atoms with E-state index < -0.39 is 0 Å². The lowest BCUT2D eigenvalue weighted by Gasteiger charge is -2.08. The third-order valence-electron chi connectivity index (χ3n) is 4.83. The molecule has 0 aliphatic heterocycles. The lowest BCUT2D eigenvalue weighted by Crippen LogP contribution is -2.22. The standard InChI is InChI=1S/C23H19FN2O2S/c1-15-19-12-18(24)9-10-20(19)29-22(15)23(28)25-13-16-5-7-17(8-6-16)14-26-11-3-2-4-21(26)27/h2-12H,13-14H2,1H3,(H,25,28). The molecular formula is C23H19FN2O2S. The van der Waals surface area contributed by atoms with Crippen molar-refractivity contribution in [3.63, 3.8) is 0 Å². The Balaban J connectivity index is 1.43. The van der Waals surface area contributed by atoms with Crippen molar-refractivity contribution in [1.29, 1.82) is 0 Å². The van der Waals surface area contributed by atoms with Crippen LogP contribution in [0.2, 0.25) is 0 Å². The summed E-state index contributed by atoms with van der Waals surface area (Å²) in [6.45, 7) is 2.74. The molecule has 0 atom stereocenters. The third-order valence-corrected chi connectivity index (χ3v) is 6.10. The Bertz CT molecular complexity index is 1240. The van der Waals surface area contributed by atoms with Gasteiger partial charge in [-0.3, -0.25) is 9.59 Å². The summed E-state index contributed by atoms with van der Waals surface area (Å²) in [5, 5.41) is 3.71. The Morgan fingerprint density at radius 1 is 1.07 bits per heavy atom. The quantitative estimate of drug-likeness (QED) is 0.531. The van der Waals surface area contributed by atoms with E-state index in [2.05, 4.69) is 5.32 Å². The van der Waals surface area contributed by atoms with Gasteiger partial charge in [-0.25, -0.2) is 4.39 Å². The number of nitrogens with zero attached hydrogens (tertiary/aromatic N) is 1. The van der Waals surface area contributed by atoms with Crippen molar-refractivity contribution >= 4 is 27.3 Å². The minimum absolute atomic E-state index is 0.0394. The number of amides is 1. The summed E-state index contributed by atoms with van der Waals surface area (Å²) in [6, 6.07) is 17.5. The molecule has 29 heavy (non-hydrogen) atoms. The van der Waals surface area contributed by atoms with Crippen LogP contribution in [0.4, 0.5) is 4.39 Å². The molecule has 0 spiro atoms. The highest BCUT2D eigenvalue weighted by atomic mass is 32.1. The fourth-order valence-electron chi connectivity index (χ4n) is 3.22. The van der Waals surface area contributed by atoms with Crippen LogP contribution in [0.3, 0.4) is 0 Å². The molecular weight excluding hydrogens is 387 g/mol. The number of pyridine rings is 1. The number of benzene rings is 2. The molecule has 1 N–H and O–H groups in total. The van der Waals surface area contributed by atoms with Crippen molar-refractivity contribution in [3.8, 4) is 0 Å². The molecule has 4 rings (SSSR count). The molecule has 2 heterocycles. The second-order valence-electron chi connectivity index (χ2n) is 6.86. The zero-order chi connectivity index (χ0) is 20.4. The molecule has 0 radical (unpaired) electrons. The number of hydrogen-bond donors (Lipinski definition) is 1. The highest BCUT2D eigenvalue weighted by Crippen LogP contribution is 2.31. The molecule has 0 aliphatic rings. The van der Waals surface area contributed by atoms with E-state index in [1.165, 1.54) is 29.5 Å². The monoisotopic (exact) mass is 406 g/mol. The van der Waals surface area contributed by atoms with Crippen molar-refractivity contribution in [2.45, 2.75) is 20.0 Å². The predicted octanol–water partition coefficient (Wildman–Crippen LogP) is 4.49. The van der Waals surface area contributed by atoms with E-state index in [4.69, 9.17) is 0 Å². The van der Waals surface area contributed by atoms with Crippen molar-refractivity contribution in [3.05, 3.63) is 105 Å². The van der Waals surface area contributed by atoms with Gasteiger partial charge in [-0.05, 0) is 53.3 Å². The molecule has 146 valence electrons. The minimum atomic E-state index is -0.303. The van der Waals surface area contributed by atoms with Gasteiger partial charge in [0.05, 0.1) is 11.4 Å². The van der Waals surface area contributed by atoms with Gasteiger partial charge >= 0.3 is 0 Å². The van der Waals surface area contributed by atoms with Crippen LogP contribution in [-0.2, 0) is 13.1 Å². The fourth-order valence-corrected chi connectivity index (χ4v) is 4.33. The summed E-state index contributed by atoms with van der Waals surface area (Å²) in [5.41, 5.74) is 2.73. The molecule has 0 unspecified atom stereocenters. The fraction of sp³-hybridized carbons (Fsp3) is 0.130. The number of aryl methyl sites for hydroxylation is 1. The summed E-state index contributed by atoms with van der Waals surface area (Å²) < 4.78 is 16.0. The first-order valence-electron chi connectivity index (χ1n) is 9.21. The number of halogens is 1. The maximum Gasteiger partial charge on any atom is 0.261 e. The van der Waals surface area contributed by atoms with Crippen LogP contribution >= 0.6 is 11.3 Å². The van der Waals surface area contributed by atoms with E-state index >= 15 is 0 Å². The summed E-state index contributed by atoms with van der Waals surface area (Å²) in [6.07, 6.45) is 1.76. The first kappa shape index (κ1) is 19.1. The number of fused-ring (bicyclic) bond motifs is 1. The molecule has 0 saturated carbocycles. The van der Waals surface area contributed by atoms with Crippen LogP contribution in [0, 0.1) is 12.7 Å². The first-order valence-corrected chi connectivity index (χ1v) is 10.0. The lowest BCUT2D eigenvalue weighted by atomic mass is 10.1. The average Bonchev–Trinajstić information content (AvgIpc) is 3.05. The molecule has 0 saturated heterocycles. The highest BCUT2D eigenvalue weighted by molar-refractivity contribution is 7.21. The smallest absolute Gasteiger partial charge is 0.261 e. The van der Waals surface area contributed by atoms with Gasteiger partial charge in [0.2, 0.25) is 0 Å². The van der Waals surface area contributed by atoms with Crippen LogP contribution in [0.15, 0.2) is 71.7 Å². The van der Waals surface area contributed by atoms with Crippen molar-refractivity contribution in [2.75, 3.05) is 0 Å². The van der Waals surface area contributed by atoms with Crippen molar-refractivity contribution in [1.82, 2.24) is 9.88 Å². The molecule has 0 fully saturated rings. The second kappa shape index (κ2) is 8.01. The van der Waals surface area contributed by atoms with Gasteiger partial charge in [-0.2, -0.15) is 0 Å². The summed E-state index contributed by atoms with van der Waals surface area (Å²) >= 11 is 1.37. The number of nitrogens with one attached hydrogen (secondary N) is 1. The molecule has 2 aromatic heterocycles. The van der Waals surface area contributed by atoms with E-state index in [9.17, 15) is 14.0 Å². The highest BCUT2D eigenvalue weighted by Gasteiger charge is 2.15. The summed E-state index contributed by atoms with van der Waals surface area (Å²) in [4.78, 5) is 25.0. The van der Waals surface area contributed by atoms with E-state index in [1.807, 2.05) is 37.3 Å². The van der Waals surface area contributed by atoms with E-state index in [0.29, 0.717) is 18.0 Å². The molecule has 4 nitrogen and oxygen atoms in total. The van der Waals surface area contributed by atoms with Gasteiger partial charge in [0.25, 0.3) is 11.5 Å². The Labute approximate surface area is 171 Å². The lowest BCUT2D eigenvalue weighted by molar-refractivity contribution is 0.0954. The van der Waals surface area contributed by atoms with Gasteiger partial charge < -0.3 is 9.88 Å². The maximum atomic E-state index is 13.5. The van der Waals surface area contributed by atoms with Crippen LogP contribution in [-0.4, -0.2) is 10.5 Å². The normalized spacial score (nSPS) is 11.0. The first-order chi connectivity index (χ1) is 14.0. The topological polar surface area (TPSA) is 51.1 Å². The largest absolute Gasteiger partial charge is 0.347 e. The van der Waals surface area contributed by atoms with Crippen molar-refractivity contribution < 1.29 is 9.18 Å². The van der Waals surface area contributed by atoms with Gasteiger partial charge in [0.1, 0.15) is 5.82 Å². The number of rotatable bonds is 5. The van der Waals surface area contributed by atoms with Crippen LogP contribution in [0.1, 0.15) is 26.4 Å². The number of thiophene rings is 1.